The van der Waals surface area contributed by atoms with Crippen LogP contribution >= 0.6 is 0 Å². The minimum absolute atomic E-state index is 0.584. The minimum atomic E-state index is -3.25. The van der Waals surface area contributed by atoms with Crippen molar-refractivity contribution < 1.29 is 8.42 Å². The first-order valence-electron chi connectivity index (χ1n) is 9.01. The summed E-state index contributed by atoms with van der Waals surface area (Å²) in [6.45, 7) is 10.1. The van der Waals surface area contributed by atoms with Gasteiger partial charge in [-0.1, -0.05) is 6.92 Å². The highest BCUT2D eigenvalue weighted by Gasteiger charge is 2.33. The quantitative estimate of drug-likeness (QED) is 0.766. The Balaban J connectivity index is 1.55. The molecule has 136 valence electrons. The minimum Gasteiger partial charge on any atom is -0.296 e. The zero-order valence-corrected chi connectivity index (χ0v) is 15.6. The average Bonchev–Trinajstić information content (AvgIpc) is 3.20. The Morgan fingerprint density at radius 3 is 2.29 bits per heavy atom. The Kier molecular flexibility index (Phi) is 5.59. The van der Waals surface area contributed by atoms with Crippen molar-refractivity contribution in [2.45, 2.75) is 46.2 Å². The van der Waals surface area contributed by atoms with Gasteiger partial charge in [0.2, 0.25) is 0 Å². The Morgan fingerprint density at radius 2 is 1.67 bits per heavy atom. The van der Waals surface area contributed by atoms with Gasteiger partial charge < -0.3 is 0 Å². The topological polar surface area (TPSA) is 61.7 Å². The fourth-order valence-corrected chi connectivity index (χ4v) is 5.17. The van der Waals surface area contributed by atoms with Crippen molar-refractivity contribution in [2.24, 2.45) is 0 Å². The second-order valence-corrected chi connectivity index (χ2v) is 8.72. The van der Waals surface area contributed by atoms with Crippen LogP contribution in [-0.2, 0) is 23.3 Å². The Labute approximate surface area is 145 Å². The van der Waals surface area contributed by atoms with E-state index in [0.717, 1.165) is 51.1 Å². The molecule has 0 N–H and O–H groups in total. The monoisotopic (exact) mass is 355 g/mol. The molecule has 0 atom stereocenters. The van der Waals surface area contributed by atoms with Gasteiger partial charge in [0.15, 0.2) is 0 Å². The molecule has 0 unspecified atom stereocenters. The third-order valence-corrected chi connectivity index (χ3v) is 6.98. The van der Waals surface area contributed by atoms with Gasteiger partial charge >= 0.3 is 0 Å². The van der Waals surface area contributed by atoms with E-state index in [1.54, 1.807) is 8.61 Å². The van der Waals surface area contributed by atoms with Crippen LogP contribution in [0.1, 0.15) is 37.4 Å². The summed E-state index contributed by atoms with van der Waals surface area (Å²) < 4.78 is 30.5. The molecule has 2 aliphatic heterocycles. The number of piperazine rings is 1. The molecule has 0 saturated carbocycles. The fourth-order valence-electron chi connectivity index (χ4n) is 3.50. The first kappa shape index (κ1) is 17.8. The molecule has 0 bridgehead atoms. The summed E-state index contributed by atoms with van der Waals surface area (Å²) in [6, 6.07) is 0. The number of rotatable bonds is 6. The van der Waals surface area contributed by atoms with Gasteiger partial charge in [-0.15, -0.1) is 0 Å². The number of aromatic nitrogens is 2. The van der Waals surface area contributed by atoms with E-state index in [1.165, 1.54) is 5.56 Å². The van der Waals surface area contributed by atoms with E-state index in [9.17, 15) is 8.42 Å². The second-order valence-electron chi connectivity index (χ2n) is 6.79. The normalized spacial score (nSPS) is 21.6. The predicted octanol–water partition coefficient (Wildman–Crippen LogP) is 1.06. The summed E-state index contributed by atoms with van der Waals surface area (Å²) in [6.07, 6.45) is 5.18. The van der Waals surface area contributed by atoms with Crippen molar-refractivity contribution in [1.29, 1.82) is 0 Å². The number of hydrogen-bond acceptors (Lipinski definition) is 4. The lowest BCUT2D eigenvalue weighted by Crippen LogP contribution is -2.52. The molecule has 3 heterocycles. The summed E-state index contributed by atoms with van der Waals surface area (Å²) in [5, 5.41) is 4.55. The Bertz CT molecular complexity index is 643. The van der Waals surface area contributed by atoms with Gasteiger partial charge in [-0.2, -0.15) is 22.1 Å². The highest BCUT2D eigenvalue weighted by molar-refractivity contribution is 7.86. The molecular formula is C16H29N5O2S. The van der Waals surface area contributed by atoms with Crippen LogP contribution in [0.25, 0.3) is 0 Å². The van der Waals surface area contributed by atoms with E-state index >= 15 is 0 Å². The molecule has 0 spiro atoms. The van der Waals surface area contributed by atoms with E-state index in [1.807, 2.05) is 4.68 Å². The van der Waals surface area contributed by atoms with Gasteiger partial charge in [0.05, 0.1) is 5.69 Å². The van der Waals surface area contributed by atoms with Gasteiger partial charge in [0.1, 0.15) is 0 Å². The van der Waals surface area contributed by atoms with Crippen LogP contribution in [0.3, 0.4) is 0 Å². The first-order valence-corrected chi connectivity index (χ1v) is 10.4. The van der Waals surface area contributed by atoms with Crippen molar-refractivity contribution in [3.05, 3.63) is 17.5 Å². The zero-order valence-electron chi connectivity index (χ0n) is 14.8. The molecule has 24 heavy (non-hydrogen) atoms. The number of nitrogens with zero attached hydrogens (tertiary/aromatic N) is 5. The largest absolute Gasteiger partial charge is 0.296 e. The van der Waals surface area contributed by atoms with Crippen LogP contribution in [0, 0.1) is 6.92 Å². The summed E-state index contributed by atoms with van der Waals surface area (Å²) in [5.74, 6) is 0. The number of hydrogen-bond donors (Lipinski definition) is 0. The zero-order chi connectivity index (χ0) is 17.2. The molecule has 0 amide bonds. The van der Waals surface area contributed by atoms with Gasteiger partial charge in [0, 0.05) is 64.1 Å². The lowest BCUT2D eigenvalue weighted by Gasteiger charge is -2.35. The fraction of sp³-hybridized carbons (Fsp3) is 0.812. The Hall–Kier alpha value is -0.960. The van der Waals surface area contributed by atoms with Crippen molar-refractivity contribution in [1.82, 2.24) is 23.3 Å². The maximum atomic E-state index is 12.6. The van der Waals surface area contributed by atoms with Crippen LogP contribution in [0.2, 0.25) is 0 Å². The molecule has 0 aliphatic carbocycles. The average molecular weight is 356 g/mol. The third kappa shape index (κ3) is 3.82. The molecule has 7 nitrogen and oxygen atoms in total. The summed E-state index contributed by atoms with van der Waals surface area (Å²) >= 11 is 0. The molecule has 2 saturated heterocycles. The van der Waals surface area contributed by atoms with Crippen LogP contribution < -0.4 is 0 Å². The van der Waals surface area contributed by atoms with Crippen LogP contribution in [-0.4, -0.2) is 71.0 Å². The highest BCUT2D eigenvalue weighted by atomic mass is 32.2. The lowest BCUT2D eigenvalue weighted by atomic mass is 10.2. The molecule has 3 rings (SSSR count). The van der Waals surface area contributed by atoms with Crippen LogP contribution in [0.5, 0.6) is 0 Å². The third-order valence-electron chi connectivity index (χ3n) is 4.94. The molecule has 2 fully saturated rings. The van der Waals surface area contributed by atoms with Crippen molar-refractivity contribution in [3.63, 3.8) is 0 Å². The molecule has 0 radical (unpaired) electrons. The molecule has 8 heteroatoms. The first-order chi connectivity index (χ1) is 11.5. The Morgan fingerprint density at radius 1 is 1.04 bits per heavy atom. The molecule has 1 aromatic heterocycles. The van der Waals surface area contributed by atoms with Gasteiger partial charge in [-0.25, -0.2) is 0 Å². The van der Waals surface area contributed by atoms with Crippen molar-refractivity contribution in [3.8, 4) is 0 Å². The summed E-state index contributed by atoms with van der Waals surface area (Å²) in [7, 11) is -3.25. The van der Waals surface area contributed by atoms with E-state index < -0.39 is 10.2 Å². The van der Waals surface area contributed by atoms with Gasteiger partial charge in [0.25, 0.3) is 10.2 Å². The predicted molar refractivity (Wildman–Crippen MR) is 93.8 cm³/mol. The maximum Gasteiger partial charge on any atom is 0.282 e. The standard InChI is InChI=1S/C16H29N5O2S/c1-3-6-19-14-16(15(2)17-19)13-18-9-11-21(12-10-18)24(22,23)20-7-4-5-8-20/h14H,3-13H2,1-2H3. The van der Waals surface area contributed by atoms with E-state index in [2.05, 4.69) is 30.0 Å². The van der Waals surface area contributed by atoms with Gasteiger partial charge in [-0.05, 0) is 26.2 Å². The smallest absolute Gasteiger partial charge is 0.282 e. The second kappa shape index (κ2) is 7.51. The van der Waals surface area contributed by atoms with Gasteiger partial charge in [-0.3, -0.25) is 9.58 Å². The molecule has 2 aliphatic rings. The van der Waals surface area contributed by atoms with Crippen LogP contribution in [0.4, 0.5) is 0 Å². The number of aryl methyl sites for hydroxylation is 2. The maximum absolute atomic E-state index is 12.6. The summed E-state index contributed by atoms with van der Waals surface area (Å²) in [4.78, 5) is 2.33. The highest BCUT2D eigenvalue weighted by Crippen LogP contribution is 2.19. The summed E-state index contributed by atoms with van der Waals surface area (Å²) in [5.41, 5.74) is 2.33. The van der Waals surface area contributed by atoms with E-state index in [4.69, 9.17) is 0 Å². The SMILES string of the molecule is CCCn1cc(CN2CCN(S(=O)(=O)N3CCCC3)CC2)c(C)n1. The lowest BCUT2D eigenvalue weighted by molar-refractivity contribution is 0.176. The molecule has 1 aromatic rings. The van der Waals surface area contributed by atoms with Crippen molar-refractivity contribution in [2.75, 3.05) is 39.3 Å². The van der Waals surface area contributed by atoms with E-state index in [-0.39, 0.29) is 0 Å². The molecule has 0 aromatic carbocycles. The van der Waals surface area contributed by atoms with Crippen LogP contribution in [0.15, 0.2) is 6.20 Å². The van der Waals surface area contributed by atoms with E-state index in [0.29, 0.717) is 26.2 Å². The van der Waals surface area contributed by atoms with Crippen molar-refractivity contribution >= 4 is 10.2 Å². The molecular weight excluding hydrogens is 326 g/mol.